The number of hydrogen-bond donors (Lipinski definition) is 1. The van der Waals surface area contributed by atoms with Crippen molar-refractivity contribution in [1.29, 1.82) is 0 Å². The van der Waals surface area contributed by atoms with E-state index in [0.29, 0.717) is 24.4 Å². The number of amides is 1. The third-order valence-electron chi connectivity index (χ3n) is 2.14. The van der Waals surface area contributed by atoms with Crippen LogP contribution in [0.3, 0.4) is 0 Å². The summed E-state index contributed by atoms with van der Waals surface area (Å²) in [6.45, 7) is 2.42. The number of nitrogens with zero attached hydrogens (tertiary/aromatic N) is 1. The molecule has 5 heteroatoms. The van der Waals surface area contributed by atoms with Gasteiger partial charge in [0.2, 0.25) is 5.91 Å². The minimum absolute atomic E-state index is 0.0936. The topological polar surface area (TPSA) is 58.6 Å². The Balaban J connectivity index is 2.60. The molecule has 1 amide bonds. The number of benzene rings is 1. The van der Waals surface area contributed by atoms with Crippen LogP contribution in [0.15, 0.2) is 24.3 Å². The lowest BCUT2D eigenvalue weighted by atomic mass is 10.2. The fourth-order valence-electron chi connectivity index (χ4n) is 1.39. The number of anilines is 1. The average Bonchev–Trinajstić information content (AvgIpc) is 2.29. The fraction of sp³-hybridized carbons (Fsp3) is 0.385. The summed E-state index contributed by atoms with van der Waals surface area (Å²) in [6, 6.07) is 6.62. The van der Waals surface area contributed by atoms with Gasteiger partial charge in [0.1, 0.15) is 0 Å². The lowest BCUT2D eigenvalue weighted by Crippen LogP contribution is -2.27. The molecule has 5 nitrogen and oxygen atoms in total. The van der Waals surface area contributed by atoms with Gasteiger partial charge in [-0.1, -0.05) is 0 Å². The summed E-state index contributed by atoms with van der Waals surface area (Å²) in [7, 11) is 3.65. The van der Waals surface area contributed by atoms with Crippen molar-refractivity contribution in [3.8, 4) is 0 Å². The summed E-state index contributed by atoms with van der Waals surface area (Å²) in [5.41, 5.74) is 1.14. The molecule has 0 saturated heterocycles. The molecule has 0 aromatic heterocycles. The highest BCUT2D eigenvalue weighted by atomic mass is 16.5. The molecule has 0 aliphatic carbocycles. The Hall–Kier alpha value is -1.88. The van der Waals surface area contributed by atoms with Crippen molar-refractivity contribution in [2.24, 2.45) is 0 Å². The van der Waals surface area contributed by atoms with Gasteiger partial charge in [0.25, 0.3) is 0 Å². The molecule has 0 saturated carbocycles. The summed E-state index contributed by atoms with van der Waals surface area (Å²) in [5.74, 6) is -0.451. The SMILES string of the molecule is CCOC(=O)c1ccc(NC(=O)CN(C)C)cc1. The number of likely N-dealkylation sites (N-methyl/N-ethyl adjacent to an activating group) is 1. The molecule has 1 rings (SSSR count). The first-order valence-electron chi connectivity index (χ1n) is 5.74. The lowest BCUT2D eigenvalue weighted by molar-refractivity contribution is -0.116. The van der Waals surface area contributed by atoms with Crippen LogP contribution < -0.4 is 5.32 Å². The molecule has 0 aliphatic rings. The van der Waals surface area contributed by atoms with Gasteiger partial charge in [-0.2, -0.15) is 0 Å². The summed E-state index contributed by atoms with van der Waals surface area (Å²) in [4.78, 5) is 24.7. The summed E-state index contributed by atoms with van der Waals surface area (Å²) in [5, 5.41) is 2.74. The van der Waals surface area contributed by atoms with Crippen molar-refractivity contribution in [3.63, 3.8) is 0 Å². The minimum Gasteiger partial charge on any atom is -0.462 e. The standard InChI is InChI=1S/C13H18N2O3/c1-4-18-13(17)10-5-7-11(8-6-10)14-12(16)9-15(2)3/h5-8H,4,9H2,1-3H3,(H,14,16). The van der Waals surface area contributed by atoms with Crippen LogP contribution in [0.4, 0.5) is 5.69 Å². The highest BCUT2D eigenvalue weighted by Crippen LogP contribution is 2.10. The number of rotatable bonds is 5. The predicted octanol–water partition coefficient (Wildman–Crippen LogP) is 1.36. The molecule has 0 spiro atoms. The van der Waals surface area contributed by atoms with Crippen LogP contribution >= 0.6 is 0 Å². The van der Waals surface area contributed by atoms with Crippen molar-refractivity contribution in [1.82, 2.24) is 4.90 Å². The van der Waals surface area contributed by atoms with Gasteiger partial charge < -0.3 is 15.0 Å². The number of nitrogens with one attached hydrogen (secondary N) is 1. The number of carbonyl (C=O) groups excluding carboxylic acids is 2. The zero-order chi connectivity index (χ0) is 13.5. The Bertz CT molecular complexity index is 413. The molecule has 0 aliphatic heterocycles. The maximum absolute atomic E-state index is 11.5. The summed E-state index contributed by atoms with van der Waals surface area (Å²) >= 11 is 0. The molecule has 0 fully saturated rings. The molecule has 1 N–H and O–H groups in total. The van der Waals surface area contributed by atoms with Crippen molar-refractivity contribution >= 4 is 17.6 Å². The number of esters is 1. The summed E-state index contributed by atoms with van der Waals surface area (Å²) < 4.78 is 4.87. The Morgan fingerprint density at radius 3 is 2.33 bits per heavy atom. The fourth-order valence-corrected chi connectivity index (χ4v) is 1.39. The first kappa shape index (κ1) is 14.2. The molecule has 18 heavy (non-hydrogen) atoms. The third-order valence-corrected chi connectivity index (χ3v) is 2.14. The lowest BCUT2D eigenvalue weighted by Gasteiger charge is -2.10. The first-order chi connectivity index (χ1) is 8.52. The van der Waals surface area contributed by atoms with Crippen LogP contribution in [0.1, 0.15) is 17.3 Å². The van der Waals surface area contributed by atoms with Gasteiger partial charge in [0.05, 0.1) is 18.7 Å². The van der Waals surface area contributed by atoms with E-state index in [1.54, 1.807) is 36.1 Å². The van der Waals surface area contributed by atoms with E-state index in [1.807, 2.05) is 14.1 Å². The van der Waals surface area contributed by atoms with E-state index in [0.717, 1.165) is 0 Å². The molecule has 0 unspecified atom stereocenters. The van der Waals surface area contributed by atoms with Crippen LogP contribution in [0, 0.1) is 0 Å². The van der Waals surface area contributed by atoms with Gasteiger partial charge in [0.15, 0.2) is 0 Å². The van der Waals surface area contributed by atoms with Crippen molar-refractivity contribution in [3.05, 3.63) is 29.8 Å². The van der Waals surface area contributed by atoms with Crippen LogP contribution in [-0.4, -0.2) is 44.0 Å². The van der Waals surface area contributed by atoms with Gasteiger partial charge in [-0.3, -0.25) is 4.79 Å². The van der Waals surface area contributed by atoms with Crippen LogP contribution in [0.2, 0.25) is 0 Å². The first-order valence-corrected chi connectivity index (χ1v) is 5.74. The highest BCUT2D eigenvalue weighted by molar-refractivity contribution is 5.93. The van der Waals surface area contributed by atoms with E-state index < -0.39 is 0 Å². The van der Waals surface area contributed by atoms with Crippen LogP contribution in [-0.2, 0) is 9.53 Å². The molecule has 0 bridgehead atoms. The molecular weight excluding hydrogens is 232 g/mol. The maximum Gasteiger partial charge on any atom is 0.338 e. The maximum atomic E-state index is 11.5. The van der Waals surface area contributed by atoms with E-state index in [2.05, 4.69) is 5.32 Å². The van der Waals surface area contributed by atoms with E-state index in [1.165, 1.54) is 0 Å². The minimum atomic E-state index is -0.358. The molecule has 0 atom stereocenters. The Morgan fingerprint density at radius 2 is 1.83 bits per heavy atom. The van der Waals surface area contributed by atoms with Crippen molar-refractivity contribution in [2.45, 2.75) is 6.92 Å². The Kier molecular flexibility index (Phi) is 5.32. The molecule has 1 aromatic carbocycles. The number of hydrogen-bond acceptors (Lipinski definition) is 4. The van der Waals surface area contributed by atoms with Crippen molar-refractivity contribution < 1.29 is 14.3 Å². The zero-order valence-electron chi connectivity index (χ0n) is 10.9. The van der Waals surface area contributed by atoms with E-state index >= 15 is 0 Å². The highest BCUT2D eigenvalue weighted by Gasteiger charge is 2.07. The van der Waals surface area contributed by atoms with Gasteiger partial charge in [-0.25, -0.2) is 4.79 Å². The number of ether oxygens (including phenoxy) is 1. The van der Waals surface area contributed by atoms with E-state index in [4.69, 9.17) is 4.74 Å². The molecule has 0 heterocycles. The second-order valence-corrected chi connectivity index (χ2v) is 4.08. The van der Waals surface area contributed by atoms with Crippen LogP contribution in [0.5, 0.6) is 0 Å². The molecule has 0 radical (unpaired) electrons. The monoisotopic (exact) mass is 250 g/mol. The largest absolute Gasteiger partial charge is 0.462 e. The average molecular weight is 250 g/mol. The Labute approximate surface area is 107 Å². The molecule has 98 valence electrons. The normalized spacial score (nSPS) is 10.2. The smallest absolute Gasteiger partial charge is 0.338 e. The predicted molar refractivity (Wildman–Crippen MR) is 69.6 cm³/mol. The molecule has 1 aromatic rings. The second kappa shape index (κ2) is 6.76. The van der Waals surface area contributed by atoms with Gasteiger partial charge in [0, 0.05) is 5.69 Å². The molecular formula is C13H18N2O3. The quantitative estimate of drug-likeness (QED) is 0.802. The summed E-state index contributed by atoms with van der Waals surface area (Å²) in [6.07, 6.45) is 0. The van der Waals surface area contributed by atoms with Gasteiger partial charge in [-0.15, -0.1) is 0 Å². The zero-order valence-corrected chi connectivity index (χ0v) is 10.9. The number of carbonyl (C=O) groups is 2. The van der Waals surface area contributed by atoms with E-state index in [9.17, 15) is 9.59 Å². The van der Waals surface area contributed by atoms with Crippen molar-refractivity contribution in [2.75, 3.05) is 32.6 Å². The van der Waals surface area contributed by atoms with Gasteiger partial charge >= 0.3 is 5.97 Å². The second-order valence-electron chi connectivity index (χ2n) is 4.08. The van der Waals surface area contributed by atoms with E-state index in [-0.39, 0.29) is 11.9 Å². The third kappa shape index (κ3) is 4.55. The van der Waals surface area contributed by atoms with Gasteiger partial charge in [-0.05, 0) is 45.3 Å². The van der Waals surface area contributed by atoms with Crippen LogP contribution in [0.25, 0.3) is 0 Å². The Morgan fingerprint density at radius 1 is 1.22 bits per heavy atom.